The molecule has 1 aliphatic rings. The van der Waals surface area contributed by atoms with Crippen LogP contribution in [0.15, 0.2) is 53.3 Å². The number of rotatable bonds is 8. The van der Waals surface area contributed by atoms with Crippen molar-refractivity contribution in [2.24, 2.45) is 0 Å². The predicted octanol–water partition coefficient (Wildman–Crippen LogP) is 3.77. The van der Waals surface area contributed by atoms with Crippen LogP contribution in [0.25, 0.3) is 16.9 Å². The molecule has 1 aromatic heterocycles. The number of benzene rings is 2. The number of carbonyl (C=O) groups excluding carboxylic acids is 1. The summed E-state index contributed by atoms with van der Waals surface area (Å²) in [6.45, 7) is 6.94. The van der Waals surface area contributed by atoms with Crippen molar-refractivity contribution in [2.75, 3.05) is 50.2 Å². The van der Waals surface area contributed by atoms with Crippen LogP contribution in [0.2, 0.25) is 0 Å². The highest BCUT2D eigenvalue weighted by Gasteiger charge is 2.19. The molecule has 1 fully saturated rings. The Morgan fingerprint density at radius 2 is 1.94 bits per heavy atom. The summed E-state index contributed by atoms with van der Waals surface area (Å²) in [5, 5.41) is 7.92. The Morgan fingerprint density at radius 1 is 1.15 bits per heavy atom. The Labute approximate surface area is 199 Å². The van der Waals surface area contributed by atoms with E-state index in [1.54, 1.807) is 19.2 Å². The summed E-state index contributed by atoms with van der Waals surface area (Å²) >= 11 is 0. The van der Waals surface area contributed by atoms with E-state index in [4.69, 9.17) is 14.6 Å². The third-order valence-electron chi connectivity index (χ3n) is 5.81. The quantitative estimate of drug-likeness (QED) is 0.510. The van der Waals surface area contributed by atoms with Gasteiger partial charge in [-0.2, -0.15) is 9.78 Å². The number of methoxy groups -OCH3 is 1. The van der Waals surface area contributed by atoms with Crippen LogP contribution in [0.5, 0.6) is 5.75 Å². The highest BCUT2D eigenvalue weighted by Crippen LogP contribution is 2.27. The molecule has 1 aliphatic heterocycles. The number of ether oxygens (including phenoxy) is 2. The summed E-state index contributed by atoms with van der Waals surface area (Å²) in [7, 11) is 1.61. The number of hydrogen-bond donors (Lipinski definition) is 1. The molecule has 1 N–H and O–H groups in total. The fourth-order valence-corrected chi connectivity index (χ4v) is 3.98. The van der Waals surface area contributed by atoms with E-state index >= 15 is 0 Å². The predicted molar refractivity (Wildman–Crippen MR) is 134 cm³/mol. The van der Waals surface area contributed by atoms with Gasteiger partial charge in [-0.05, 0) is 49.7 Å². The van der Waals surface area contributed by atoms with Crippen molar-refractivity contribution in [2.45, 2.75) is 20.3 Å². The third-order valence-corrected chi connectivity index (χ3v) is 5.81. The molecule has 34 heavy (non-hydrogen) atoms. The van der Waals surface area contributed by atoms with Crippen LogP contribution >= 0.6 is 0 Å². The Balaban J connectivity index is 1.91. The molecule has 0 saturated carbocycles. The van der Waals surface area contributed by atoms with Crippen molar-refractivity contribution >= 4 is 17.2 Å². The van der Waals surface area contributed by atoms with E-state index in [0.29, 0.717) is 48.1 Å². The zero-order valence-corrected chi connectivity index (χ0v) is 19.8. The Bertz CT molecular complexity index is 1230. The Hall–Kier alpha value is -3.65. The highest BCUT2D eigenvalue weighted by molar-refractivity contribution is 5.98. The Morgan fingerprint density at radius 3 is 2.65 bits per heavy atom. The first kappa shape index (κ1) is 23.5. The molecule has 178 valence electrons. The van der Waals surface area contributed by atoms with Gasteiger partial charge in [0.25, 0.3) is 5.56 Å². The number of aromatic nitrogens is 2. The second kappa shape index (κ2) is 10.5. The molecule has 2 heterocycles. The number of Topliss-reactive ketones (excluding diaryl/α,β-unsaturated/α-hetero) is 1. The smallest absolute Gasteiger partial charge is 0.294 e. The van der Waals surface area contributed by atoms with Gasteiger partial charge in [-0.1, -0.05) is 19.1 Å². The summed E-state index contributed by atoms with van der Waals surface area (Å²) < 4.78 is 12.2. The maximum Gasteiger partial charge on any atom is 0.294 e. The molecule has 0 radical (unpaired) electrons. The van der Waals surface area contributed by atoms with E-state index in [-0.39, 0.29) is 11.3 Å². The van der Waals surface area contributed by atoms with Crippen molar-refractivity contribution in [3.8, 4) is 22.7 Å². The maximum atomic E-state index is 13.5. The lowest BCUT2D eigenvalue weighted by atomic mass is 10.1. The second-order valence-electron chi connectivity index (χ2n) is 8.18. The molecular weight excluding hydrogens is 432 g/mol. The molecule has 0 amide bonds. The number of ketones is 1. The van der Waals surface area contributed by atoms with Gasteiger partial charge in [0.05, 0.1) is 31.7 Å². The number of anilines is 2. The number of morpholine rings is 1. The van der Waals surface area contributed by atoms with Gasteiger partial charge in [-0.15, -0.1) is 0 Å². The first-order valence-corrected chi connectivity index (χ1v) is 11.5. The molecule has 4 rings (SSSR count). The van der Waals surface area contributed by atoms with E-state index in [9.17, 15) is 9.59 Å². The van der Waals surface area contributed by atoms with Gasteiger partial charge in [-0.25, -0.2) is 0 Å². The average Bonchev–Trinajstić information content (AvgIpc) is 2.88. The molecule has 0 spiro atoms. The van der Waals surface area contributed by atoms with E-state index < -0.39 is 0 Å². The van der Waals surface area contributed by atoms with Crippen LogP contribution in [0.4, 0.5) is 11.4 Å². The van der Waals surface area contributed by atoms with Crippen LogP contribution in [0.1, 0.15) is 30.6 Å². The zero-order valence-electron chi connectivity index (χ0n) is 19.8. The minimum absolute atomic E-state index is 0.132. The molecule has 8 nitrogen and oxygen atoms in total. The minimum Gasteiger partial charge on any atom is -0.497 e. The lowest BCUT2D eigenvalue weighted by molar-refractivity contribution is 0.101. The molecule has 8 heteroatoms. The minimum atomic E-state index is -0.304. The van der Waals surface area contributed by atoms with Crippen LogP contribution < -0.4 is 20.5 Å². The number of nitrogens with zero attached hydrogens (tertiary/aromatic N) is 3. The molecule has 3 aromatic rings. The van der Waals surface area contributed by atoms with Crippen molar-refractivity contribution in [1.82, 2.24) is 9.78 Å². The number of hydrogen-bond acceptors (Lipinski definition) is 7. The maximum absolute atomic E-state index is 13.5. The molecule has 1 saturated heterocycles. The van der Waals surface area contributed by atoms with Gasteiger partial charge in [-0.3, -0.25) is 9.59 Å². The summed E-state index contributed by atoms with van der Waals surface area (Å²) in [5.41, 5.74) is 3.36. The van der Waals surface area contributed by atoms with Crippen molar-refractivity contribution < 1.29 is 14.3 Å². The summed E-state index contributed by atoms with van der Waals surface area (Å²) in [6.07, 6.45) is 0.863. The summed E-state index contributed by atoms with van der Waals surface area (Å²) in [6, 6.07) is 14.8. The second-order valence-corrected chi connectivity index (χ2v) is 8.18. The van der Waals surface area contributed by atoms with Crippen LogP contribution in [0.3, 0.4) is 0 Å². The third kappa shape index (κ3) is 4.97. The van der Waals surface area contributed by atoms with E-state index in [2.05, 4.69) is 10.2 Å². The number of carbonyl (C=O) groups is 1. The Kier molecular flexibility index (Phi) is 7.27. The molecule has 0 unspecified atom stereocenters. The first-order chi connectivity index (χ1) is 16.5. The van der Waals surface area contributed by atoms with Gasteiger partial charge in [0.2, 0.25) is 0 Å². The molecule has 0 bridgehead atoms. The van der Waals surface area contributed by atoms with Gasteiger partial charge in [0.1, 0.15) is 11.4 Å². The first-order valence-electron chi connectivity index (χ1n) is 11.5. The SMILES string of the molecule is CCCNc1cc(-c2cccc(OC)c2)nn(-c2cc(N3CCOCC3)ccc2C(C)=O)c1=O. The molecule has 0 atom stereocenters. The van der Waals surface area contributed by atoms with Gasteiger partial charge >= 0.3 is 0 Å². The fraction of sp³-hybridized carbons (Fsp3) is 0.346. The van der Waals surface area contributed by atoms with Crippen molar-refractivity contribution in [3.05, 3.63) is 64.4 Å². The van der Waals surface area contributed by atoms with Crippen molar-refractivity contribution in [1.29, 1.82) is 0 Å². The standard InChI is InChI=1S/C26H30N4O4/c1-4-10-27-24-17-23(19-6-5-7-21(15-19)33-3)28-30(26(24)32)25-16-20(8-9-22(25)18(2)31)29-11-13-34-14-12-29/h5-9,15-17,27H,4,10-14H2,1-3H3. The lowest BCUT2D eigenvalue weighted by Gasteiger charge is -2.29. The van der Waals surface area contributed by atoms with Crippen molar-refractivity contribution in [3.63, 3.8) is 0 Å². The number of nitrogens with one attached hydrogen (secondary N) is 1. The monoisotopic (exact) mass is 462 g/mol. The zero-order chi connectivity index (χ0) is 24.1. The lowest BCUT2D eigenvalue weighted by Crippen LogP contribution is -2.36. The van der Waals surface area contributed by atoms with Gasteiger partial charge in [0.15, 0.2) is 5.78 Å². The highest BCUT2D eigenvalue weighted by atomic mass is 16.5. The normalized spacial score (nSPS) is 13.6. The summed E-state index contributed by atoms with van der Waals surface area (Å²) in [5.74, 6) is 0.561. The van der Waals surface area contributed by atoms with Crippen LogP contribution in [0, 0.1) is 0 Å². The van der Waals surface area contributed by atoms with E-state index in [1.165, 1.54) is 11.6 Å². The fourth-order valence-electron chi connectivity index (χ4n) is 3.98. The van der Waals surface area contributed by atoms with Crippen LogP contribution in [-0.4, -0.2) is 55.5 Å². The molecule has 2 aromatic carbocycles. The topological polar surface area (TPSA) is 85.7 Å². The average molecular weight is 463 g/mol. The van der Waals surface area contributed by atoms with Gasteiger partial charge in [0, 0.05) is 36.4 Å². The van der Waals surface area contributed by atoms with E-state index in [1.807, 2.05) is 43.3 Å². The van der Waals surface area contributed by atoms with E-state index in [0.717, 1.165) is 30.8 Å². The largest absolute Gasteiger partial charge is 0.497 e. The molecular formula is C26H30N4O4. The van der Waals surface area contributed by atoms with Crippen LogP contribution in [-0.2, 0) is 4.74 Å². The van der Waals surface area contributed by atoms with Gasteiger partial charge < -0.3 is 19.7 Å². The molecule has 0 aliphatic carbocycles. The summed E-state index contributed by atoms with van der Waals surface area (Å²) in [4.78, 5) is 28.2.